The number of carbonyl (C=O) groups excluding carboxylic acids is 3. The third-order valence-corrected chi connectivity index (χ3v) is 6.37. The van der Waals surface area contributed by atoms with Crippen molar-refractivity contribution < 1.29 is 33.2 Å². The zero-order valence-corrected chi connectivity index (χ0v) is 19.6. The second kappa shape index (κ2) is 9.84. The monoisotopic (exact) mass is 499 g/mol. The van der Waals surface area contributed by atoms with Crippen LogP contribution in [0.4, 0.5) is 9.52 Å². The first-order valence-electron chi connectivity index (χ1n) is 9.56. The molecule has 178 valence electrons. The molecule has 0 saturated carbocycles. The lowest BCUT2D eigenvalue weighted by atomic mass is 10.0. The van der Waals surface area contributed by atoms with E-state index in [1.54, 1.807) is 6.08 Å². The molecular weight excluding hydrogens is 477 g/mol. The maximum absolute atomic E-state index is 12.8. The molecule has 3 N–H and O–H groups in total. The molecule has 0 unspecified atom stereocenters. The highest BCUT2D eigenvalue weighted by atomic mass is 32.2. The third-order valence-electron chi connectivity index (χ3n) is 4.52. The summed E-state index contributed by atoms with van der Waals surface area (Å²) in [7, 11) is 5.96. The topological polar surface area (TPSA) is 163 Å². The molecule has 2 amide bonds. The van der Waals surface area contributed by atoms with Crippen molar-refractivity contribution in [2.45, 2.75) is 11.4 Å². The Morgan fingerprint density at radius 2 is 2.18 bits per heavy atom. The van der Waals surface area contributed by atoms with Gasteiger partial charge in [-0.05, 0) is 11.6 Å². The number of aromatic nitrogens is 2. The van der Waals surface area contributed by atoms with Crippen LogP contribution in [0.1, 0.15) is 5.82 Å². The second-order valence-electron chi connectivity index (χ2n) is 8.03. The Kier molecular flexibility index (Phi) is 7.34. The Morgan fingerprint density at radius 1 is 1.45 bits per heavy atom. The predicted octanol–water partition coefficient (Wildman–Crippen LogP) is -1.57. The highest BCUT2D eigenvalue weighted by Crippen LogP contribution is 2.40. The van der Waals surface area contributed by atoms with Crippen LogP contribution in [-0.4, -0.2) is 94.0 Å². The lowest BCUT2D eigenvalue weighted by Crippen LogP contribution is -2.71. The fourth-order valence-corrected chi connectivity index (χ4v) is 4.84. The summed E-state index contributed by atoms with van der Waals surface area (Å²) in [5, 5.41) is 17.0. The normalized spacial score (nSPS) is 21.2. The minimum absolute atomic E-state index is 0.0501. The number of nitrogens with zero attached hydrogens (tertiary/aromatic N) is 5. The number of nitrogen functional groups attached to an aromatic ring is 1. The van der Waals surface area contributed by atoms with Crippen LogP contribution in [-0.2, 0) is 19.2 Å². The van der Waals surface area contributed by atoms with E-state index in [-0.39, 0.29) is 16.7 Å². The number of nitrogens with two attached hydrogens (primary N) is 1. The number of quaternary nitrogens is 1. The molecule has 1 aromatic rings. The lowest BCUT2D eigenvalue weighted by molar-refractivity contribution is -0.864. The Balaban J connectivity index is 1.78. The van der Waals surface area contributed by atoms with Crippen LogP contribution in [0.5, 0.6) is 0 Å². The van der Waals surface area contributed by atoms with Gasteiger partial charge in [0.1, 0.15) is 11.4 Å². The van der Waals surface area contributed by atoms with Crippen LogP contribution in [0, 0.1) is 0 Å². The Hall–Kier alpha value is -3.04. The summed E-state index contributed by atoms with van der Waals surface area (Å²) >= 11 is 2.08. The van der Waals surface area contributed by atoms with E-state index in [2.05, 4.69) is 24.7 Å². The molecule has 1 saturated heterocycles. The highest BCUT2D eigenvalue weighted by molar-refractivity contribution is 8.00. The first kappa shape index (κ1) is 24.6. The van der Waals surface area contributed by atoms with Crippen molar-refractivity contribution in [3.05, 3.63) is 29.2 Å². The number of likely N-dealkylation sites (N-methyl/N-ethyl adjacent to an activating group) is 1. The van der Waals surface area contributed by atoms with E-state index in [4.69, 9.17) is 5.73 Å². The molecule has 33 heavy (non-hydrogen) atoms. The lowest BCUT2D eigenvalue weighted by Gasteiger charge is -2.50. The maximum atomic E-state index is 12.8. The molecule has 3 heterocycles. The number of rotatable bonds is 9. The van der Waals surface area contributed by atoms with Crippen LogP contribution in [0.15, 0.2) is 28.6 Å². The van der Waals surface area contributed by atoms with E-state index in [1.807, 2.05) is 27.2 Å². The number of allylic oxidation sites excluding steroid dienone is 1. The molecule has 3 rings (SSSR count). The van der Waals surface area contributed by atoms with Gasteiger partial charge in [0.25, 0.3) is 18.7 Å². The van der Waals surface area contributed by atoms with Crippen molar-refractivity contribution in [3.8, 4) is 0 Å². The molecule has 2 aliphatic heterocycles. The number of thioether (sulfide) groups is 1. The van der Waals surface area contributed by atoms with Crippen LogP contribution in [0.25, 0.3) is 0 Å². The van der Waals surface area contributed by atoms with E-state index < -0.39 is 41.8 Å². The molecule has 2 aliphatic rings. The van der Waals surface area contributed by atoms with Gasteiger partial charge < -0.3 is 30.3 Å². The van der Waals surface area contributed by atoms with E-state index in [9.17, 15) is 23.9 Å². The number of anilines is 1. The Labute approximate surface area is 196 Å². The largest absolute Gasteiger partial charge is 0.543 e. The Morgan fingerprint density at radius 3 is 2.76 bits per heavy atom. The SMILES string of the molecule is C[N+](C)(C)C/C=C/C1=C(C(=O)[O-])N2C(=O)[C@@H](NC(=O)/C(=N\OCF)c3nsc(N)n3)[C@H]2SC1. The summed E-state index contributed by atoms with van der Waals surface area (Å²) in [6, 6.07) is -1.04. The average Bonchev–Trinajstić information content (AvgIpc) is 3.16. The number of nitrogens with one attached hydrogen (secondary N) is 1. The van der Waals surface area contributed by atoms with Crippen molar-refractivity contribution in [1.29, 1.82) is 0 Å². The van der Waals surface area contributed by atoms with E-state index in [0.29, 0.717) is 22.4 Å². The van der Waals surface area contributed by atoms with Crippen LogP contribution >= 0.6 is 23.3 Å². The van der Waals surface area contributed by atoms with Gasteiger partial charge in [0.2, 0.25) is 11.5 Å². The number of hydrogen-bond donors (Lipinski definition) is 2. The summed E-state index contributed by atoms with van der Waals surface area (Å²) in [5.41, 5.74) is 5.27. The maximum Gasteiger partial charge on any atom is 0.278 e. The van der Waals surface area contributed by atoms with Crippen LogP contribution in [0.2, 0.25) is 0 Å². The molecule has 0 aliphatic carbocycles. The molecule has 2 atom stereocenters. The first-order valence-corrected chi connectivity index (χ1v) is 11.4. The third kappa shape index (κ3) is 5.48. The summed E-state index contributed by atoms with van der Waals surface area (Å²) < 4.78 is 16.9. The highest BCUT2D eigenvalue weighted by Gasteiger charge is 2.53. The van der Waals surface area contributed by atoms with E-state index >= 15 is 0 Å². The predicted molar refractivity (Wildman–Crippen MR) is 117 cm³/mol. The summed E-state index contributed by atoms with van der Waals surface area (Å²) in [6.45, 7) is -0.641. The fourth-order valence-electron chi connectivity index (χ4n) is 3.09. The van der Waals surface area contributed by atoms with Gasteiger partial charge in [-0.25, -0.2) is 4.39 Å². The van der Waals surface area contributed by atoms with Crippen molar-refractivity contribution in [3.63, 3.8) is 0 Å². The molecule has 1 fully saturated rings. The average molecular weight is 500 g/mol. The molecule has 0 radical (unpaired) electrons. The van der Waals surface area contributed by atoms with Gasteiger partial charge in [0.05, 0.1) is 39.4 Å². The number of carboxylic acid groups (broad SMARTS) is 1. The number of halogens is 1. The summed E-state index contributed by atoms with van der Waals surface area (Å²) in [5.74, 6) is -2.90. The van der Waals surface area contributed by atoms with Crippen molar-refractivity contribution >= 4 is 51.9 Å². The van der Waals surface area contributed by atoms with Crippen molar-refractivity contribution in [1.82, 2.24) is 19.6 Å². The summed E-state index contributed by atoms with van der Waals surface area (Å²) in [4.78, 5) is 46.5. The number of hydrogen-bond acceptors (Lipinski definition) is 11. The number of carbonyl (C=O) groups is 3. The molecule has 15 heteroatoms. The molecule has 1 aromatic heterocycles. The summed E-state index contributed by atoms with van der Waals surface area (Å²) in [6.07, 6.45) is 3.51. The molecule has 0 aromatic carbocycles. The first-order chi connectivity index (χ1) is 15.5. The number of fused-ring (bicyclic) bond motifs is 1. The van der Waals surface area contributed by atoms with Gasteiger partial charge in [-0.1, -0.05) is 11.2 Å². The fraction of sp³-hybridized carbons (Fsp3) is 0.444. The number of alkyl halides is 1. The zero-order chi connectivity index (χ0) is 24.3. The Bertz CT molecular complexity index is 1050. The molecular formula is C18H22FN7O5S2. The van der Waals surface area contributed by atoms with Gasteiger partial charge in [0, 0.05) is 17.3 Å². The minimum Gasteiger partial charge on any atom is -0.543 e. The number of amides is 2. The van der Waals surface area contributed by atoms with Crippen LogP contribution in [0.3, 0.4) is 0 Å². The van der Waals surface area contributed by atoms with Crippen LogP contribution < -0.4 is 16.2 Å². The zero-order valence-electron chi connectivity index (χ0n) is 18.0. The quantitative estimate of drug-likeness (QED) is 0.177. The molecule has 12 nitrogen and oxygen atoms in total. The number of β-lactam (4-membered cyclic amide) rings is 1. The number of aliphatic carboxylic acids is 1. The second-order valence-corrected chi connectivity index (χ2v) is 9.92. The number of oxime groups is 1. The molecule has 0 spiro atoms. The van der Waals surface area contributed by atoms with Gasteiger partial charge in [-0.15, -0.1) is 11.8 Å². The van der Waals surface area contributed by atoms with Gasteiger partial charge in [-0.3, -0.25) is 14.5 Å². The van der Waals surface area contributed by atoms with Crippen molar-refractivity contribution in [2.75, 3.05) is 46.0 Å². The van der Waals surface area contributed by atoms with Crippen molar-refractivity contribution in [2.24, 2.45) is 5.16 Å². The van der Waals surface area contributed by atoms with E-state index in [0.717, 1.165) is 16.4 Å². The standard InChI is InChI=1S/C18H22FN7O5S2/c1-26(2,3)6-4-5-9-7-32-16-11(15(28)25(16)12(9)17(29)30)21-14(27)10(23-31-8-19)13-22-18(20)33-24-13/h4-5,11,16H,6-8H2,1-3H3,(H3-,20,21,22,24,27,29,30)/b5-4+,23-10-/t11-,16-/m1/s1. The smallest absolute Gasteiger partial charge is 0.278 e. The van der Waals surface area contributed by atoms with E-state index in [1.165, 1.54) is 11.8 Å². The number of carboxylic acids is 1. The van der Waals surface area contributed by atoms with Gasteiger partial charge in [-0.2, -0.15) is 9.36 Å². The van der Waals surface area contributed by atoms with Gasteiger partial charge in [0.15, 0.2) is 5.13 Å². The molecule has 0 bridgehead atoms. The minimum atomic E-state index is -1.48. The van der Waals surface area contributed by atoms with Gasteiger partial charge >= 0.3 is 0 Å².